The molecule has 8 nitrogen and oxygen atoms in total. The number of anilines is 1. The number of halogens is 3. The number of amides is 1. The van der Waals surface area contributed by atoms with Crippen molar-refractivity contribution in [3.8, 4) is 23.0 Å². The molecule has 1 amide bonds. The number of ketones is 1. The van der Waals surface area contributed by atoms with Gasteiger partial charge >= 0.3 is 6.36 Å². The maximum absolute atomic E-state index is 13.3. The minimum atomic E-state index is -4.90. The maximum Gasteiger partial charge on any atom is 0.573 e. The lowest BCUT2D eigenvalue weighted by atomic mass is 9.94. The van der Waals surface area contributed by atoms with E-state index >= 15 is 0 Å². The average Bonchev–Trinajstić information content (AvgIpc) is 3.17. The molecule has 1 aliphatic rings. The number of Topliss-reactive ketones (excluding diaryl/α,β-unsaturated/α-hetero) is 1. The minimum Gasteiger partial charge on any atom is -0.507 e. The van der Waals surface area contributed by atoms with Crippen LogP contribution in [0.25, 0.3) is 5.76 Å². The van der Waals surface area contributed by atoms with Crippen LogP contribution in [0.15, 0.2) is 72.3 Å². The van der Waals surface area contributed by atoms with E-state index in [1.807, 2.05) is 0 Å². The zero-order valence-electron chi connectivity index (χ0n) is 20.4. The molecule has 1 heterocycles. The summed E-state index contributed by atoms with van der Waals surface area (Å²) in [5, 5.41) is 11.4. The summed E-state index contributed by atoms with van der Waals surface area (Å²) in [6, 6.07) is 14.4. The molecule has 0 aromatic heterocycles. The van der Waals surface area contributed by atoms with Gasteiger partial charge in [-0.3, -0.25) is 14.5 Å². The Kier molecular flexibility index (Phi) is 7.20. The van der Waals surface area contributed by atoms with Crippen molar-refractivity contribution in [2.45, 2.75) is 12.4 Å². The van der Waals surface area contributed by atoms with E-state index in [2.05, 4.69) is 4.74 Å². The quantitative estimate of drug-likeness (QED) is 0.254. The number of benzene rings is 3. The minimum absolute atomic E-state index is 0.109. The molecule has 1 fully saturated rings. The van der Waals surface area contributed by atoms with E-state index in [-0.39, 0.29) is 22.6 Å². The monoisotopic (exact) mass is 529 g/mol. The molecule has 198 valence electrons. The van der Waals surface area contributed by atoms with Gasteiger partial charge < -0.3 is 24.1 Å². The van der Waals surface area contributed by atoms with Gasteiger partial charge in [0.2, 0.25) is 0 Å². The fourth-order valence-electron chi connectivity index (χ4n) is 4.15. The smallest absolute Gasteiger partial charge is 0.507 e. The summed E-state index contributed by atoms with van der Waals surface area (Å²) < 4.78 is 57.5. The van der Waals surface area contributed by atoms with E-state index in [9.17, 15) is 27.9 Å². The van der Waals surface area contributed by atoms with Gasteiger partial charge in [0.25, 0.3) is 11.7 Å². The number of hydrogen-bond acceptors (Lipinski definition) is 7. The zero-order chi connectivity index (χ0) is 27.6. The van der Waals surface area contributed by atoms with Crippen molar-refractivity contribution in [2.75, 3.05) is 26.2 Å². The molecule has 0 bridgehead atoms. The van der Waals surface area contributed by atoms with Crippen molar-refractivity contribution in [3.05, 3.63) is 83.4 Å². The van der Waals surface area contributed by atoms with E-state index in [0.717, 1.165) is 17.0 Å². The Morgan fingerprint density at radius 2 is 1.39 bits per heavy atom. The number of rotatable bonds is 7. The number of aliphatic hydroxyl groups excluding tert-OH is 1. The molecule has 1 N–H and O–H groups in total. The lowest BCUT2D eigenvalue weighted by molar-refractivity contribution is -0.274. The normalized spacial score (nSPS) is 16.9. The molecule has 0 aliphatic carbocycles. The Hall–Kier alpha value is -4.67. The van der Waals surface area contributed by atoms with Gasteiger partial charge in [-0.15, -0.1) is 13.2 Å². The SMILES string of the molecule is COc1ccc(C2/C(=C(\O)c3cc(OC)ccc3OC)C(=O)C(=O)N2c2ccc(OC(F)(F)F)cc2)cc1. The van der Waals surface area contributed by atoms with E-state index in [0.29, 0.717) is 17.1 Å². The first-order valence-electron chi connectivity index (χ1n) is 11.1. The first-order chi connectivity index (χ1) is 18.1. The molecule has 0 spiro atoms. The van der Waals surface area contributed by atoms with Crippen LogP contribution in [-0.4, -0.2) is 44.5 Å². The Balaban J connectivity index is 1.90. The van der Waals surface area contributed by atoms with Crippen LogP contribution in [0.3, 0.4) is 0 Å². The fraction of sp³-hybridized carbons (Fsp3) is 0.185. The molecular weight excluding hydrogens is 507 g/mol. The van der Waals surface area contributed by atoms with Crippen molar-refractivity contribution in [1.29, 1.82) is 0 Å². The van der Waals surface area contributed by atoms with Crippen LogP contribution in [-0.2, 0) is 9.59 Å². The molecule has 0 radical (unpaired) electrons. The molecule has 4 rings (SSSR count). The lowest BCUT2D eigenvalue weighted by Crippen LogP contribution is -2.29. The number of carbonyl (C=O) groups excluding carboxylic acids is 2. The van der Waals surface area contributed by atoms with Gasteiger partial charge in [0.05, 0.1) is 38.5 Å². The van der Waals surface area contributed by atoms with Gasteiger partial charge in [-0.1, -0.05) is 12.1 Å². The second kappa shape index (κ2) is 10.4. The van der Waals surface area contributed by atoms with Crippen LogP contribution < -0.4 is 23.8 Å². The molecule has 11 heteroatoms. The summed E-state index contributed by atoms with van der Waals surface area (Å²) in [4.78, 5) is 27.7. The third-order valence-electron chi connectivity index (χ3n) is 5.89. The largest absolute Gasteiger partial charge is 0.573 e. The lowest BCUT2D eigenvalue weighted by Gasteiger charge is -2.26. The number of carbonyl (C=O) groups is 2. The van der Waals surface area contributed by atoms with E-state index in [4.69, 9.17) is 14.2 Å². The second-order valence-corrected chi connectivity index (χ2v) is 8.05. The molecular formula is C27H22F3NO7. The number of aliphatic hydroxyl groups is 1. The van der Waals surface area contributed by atoms with Gasteiger partial charge in [0.1, 0.15) is 28.8 Å². The van der Waals surface area contributed by atoms with Crippen LogP contribution in [0.2, 0.25) is 0 Å². The van der Waals surface area contributed by atoms with Crippen molar-refractivity contribution < 1.29 is 46.8 Å². The van der Waals surface area contributed by atoms with E-state index < -0.39 is 35.6 Å². The molecule has 0 saturated carbocycles. The molecule has 1 saturated heterocycles. The second-order valence-electron chi connectivity index (χ2n) is 8.05. The van der Waals surface area contributed by atoms with Gasteiger partial charge in [0, 0.05) is 5.69 Å². The highest BCUT2D eigenvalue weighted by Crippen LogP contribution is 2.44. The van der Waals surface area contributed by atoms with Crippen LogP contribution >= 0.6 is 0 Å². The summed E-state index contributed by atoms with van der Waals surface area (Å²) in [5.74, 6) is -1.91. The van der Waals surface area contributed by atoms with Crippen LogP contribution in [0, 0.1) is 0 Å². The maximum atomic E-state index is 13.3. The number of alkyl halides is 3. The molecule has 1 unspecified atom stereocenters. The summed E-state index contributed by atoms with van der Waals surface area (Å²) >= 11 is 0. The first kappa shape index (κ1) is 26.4. The highest BCUT2D eigenvalue weighted by Gasteiger charge is 2.47. The highest BCUT2D eigenvalue weighted by atomic mass is 19.4. The Labute approximate surface area is 215 Å². The van der Waals surface area contributed by atoms with Crippen LogP contribution in [0.5, 0.6) is 23.0 Å². The van der Waals surface area contributed by atoms with Crippen LogP contribution in [0.4, 0.5) is 18.9 Å². The summed E-state index contributed by atoms with van der Waals surface area (Å²) in [6.45, 7) is 0. The summed E-state index contributed by atoms with van der Waals surface area (Å²) in [7, 11) is 4.28. The number of ether oxygens (including phenoxy) is 4. The Morgan fingerprint density at radius 1 is 0.816 bits per heavy atom. The van der Waals surface area contributed by atoms with Gasteiger partial charge in [0.15, 0.2) is 0 Å². The topological polar surface area (TPSA) is 94.5 Å². The van der Waals surface area contributed by atoms with Crippen molar-refractivity contribution >= 4 is 23.1 Å². The Morgan fingerprint density at radius 3 is 1.95 bits per heavy atom. The summed E-state index contributed by atoms with van der Waals surface area (Å²) in [5.41, 5.74) is 0.405. The Bertz CT molecular complexity index is 1380. The van der Waals surface area contributed by atoms with E-state index in [1.165, 1.54) is 45.6 Å². The average molecular weight is 529 g/mol. The molecule has 38 heavy (non-hydrogen) atoms. The predicted octanol–water partition coefficient (Wildman–Crippen LogP) is 5.24. The molecule has 3 aromatic carbocycles. The number of nitrogens with zero attached hydrogens (tertiary/aromatic N) is 1. The standard InChI is InChI=1S/C27H22F3NO7/c1-35-17-8-4-15(5-9-17)23-22(24(32)20-14-19(36-2)12-13-21(20)37-3)25(33)26(34)31(23)16-6-10-18(11-7-16)38-27(28,29)30/h4-14,23,32H,1-3H3/b24-22+. The van der Waals surface area contributed by atoms with Crippen molar-refractivity contribution in [2.24, 2.45) is 0 Å². The molecule has 1 aliphatic heterocycles. The van der Waals surface area contributed by atoms with Gasteiger partial charge in [-0.05, 0) is 60.2 Å². The van der Waals surface area contributed by atoms with Crippen LogP contribution in [0.1, 0.15) is 17.2 Å². The first-order valence-corrected chi connectivity index (χ1v) is 11.1. The van der Waals surface area contributed by atoms with Crippen molar-refractivity contribution in [1.82, 2.24) is 0 Å². The predicted molar refractivity (Wildman–Crippen MR) is 130 cm³/mol. The summed E-state index contributed by atoms with van der Waals surface area (Å²) in [6.07, 6.45) is -4.90. The molecule has 1 atom stereocenters. The fourth-order valence-corrected chi connectivity index (χ4v) is 4.15. The number of hydrogen-bond donors (Lipinski definition) is 1. The third kappa shape index (κ3) is 5.08. The van der Waals surface area contributed by atoms with E-state index in [1.54, 1.807) is 30.3 Å². The van der Waals surface area contributed by atoms with Gasteiger partial charge in [-0.25, -0.2) is 0 Å². The third-order valence-corrected chi connectivity index (χ3v) is 5.89. The van der Waals surface area contributed by atoms with Gasteiger partial charge in [-0.2, -0.15) is 0 Å². The zero-order valence-corrected chi connectivity index (χ0v) is 20.4. The molecule has 3 aromatic rings. The van der Waals surface area contributed by atoms with Crippen molar-refractivity contribution in [3.63, 3.8) is 0 Å². The number of methoxy groups -OCH3 is 3. The highest BCUT2D eigenvalue weighted by molar-refractivity contribution is 6.51.